The molecule has 0 saturated carbocycles. The number of hydrogen-bond donors (Lipinski definition) is 0. The number of ether oxygens (including phenoxy) is 2. The molecule has 0 saturated heterocycles. The van der Waals surface area contributed by atoms with Crippen LogP contribution in [0, 0.1) is 11.3 Å². The van der Waals surface area contributed by atoms with E-state index in [0.717, 1.165) is 17.6 Å². The zero-order chi connectivity index (χ0) is 14.5. The maximum atomic E-state index is 11.2. The molecule has 0 bridgehead atoms. The number of benzene rings is 1. The number of carbonyl (C=O) groups excluding carboxylic acids is 1. The van der Waals surface area contributed by atoms with Crippen LogP contribution < -0.4 is 4.74 Å². The predicted octanol–water partition coefficient (Wildman–Crippen LogP) is 3.46. The molecule has 0 aliphatic heterocycles. The minimum Gasteiger partial charge on any atom is -0.497 e. The van der Waals surface area contributed by atoms with E-state index in [9.17, 15) is 4.79 Å². The summed E-state index contributed by atoms with van der Waals surface area (Å²) in [6.07, 6.45) is 0.887. The second-order valence-electron chi connectivity index (χ2n) is 5.76. The molecule has 0 N–H and O–H groups in total. The zero-order valence-electron chi connectivity index (χ0n) is 12.5. The van der Waals surface area contributed by atoms with Crippen LogP contribution in [-0.4, -0.2) is 19.5 Å². The highest BCUT2D eigenvalue weighted by atomic mass is 16.5. The van der Waals surface area contributed by atoms with Gasteiger partial charge in [0, 0.05) is 5.41 Å². The highest BCUT2D eigenvalue weighted by Gasteiger charge is 2.32. The van der Waals surface area contributed by atoms with E-state index in [2.05, 4.69) is 13.8 Å². The van der Waals surface area contributed by atoms with E-state index in [1.807, 2.05) is 38.1 Å². The Morgan fingerprint density at radius 2 is 1.79 bits per heavy atom. The first-order valence-electron chi connectivity index (χ1n) is 6.61. The van der Waals surface area contributed by atoms with Gasteiger partial charge in [0.1, 0.15) is 12.0 Å². The minimum absolute atomic E-state index is 0.0906. The smallest absolute Gasteiger partial charge is 0.128 e. The van der Waals surface area contributed by atoms with Crippen LogP contribution in [0.4, 0.5) is 0 Å². The molecular weight excluding hydrogens is 240 g/mol. The fourth-order valence-electron chi connectivity index (χ4n) is 2.24. The molecule has 0 spiro atoms. The Hall–Kier alpha value is -1.35. The van der Waals surface area contributed by atoms with Crippen molar-refractivity contribution >= 4 is 6.29 Å². The van der Waals surface area contributed by atoms with Crippen molar-refractivity contribution in [3.8, 4) is 5.75 Å². The number of aldehydes is 1. The van der Waals surface area contributed by atoms with Crippen LogP contribution in [0.3, 0.4) is 0 Å². The van der Waals surface area contributed by atoms with Gasteiger partial charge >= 0.3 is 0 Å². The normalized spacial score (nSPS) is 13.4. The van der Waals surface area contributed by atoms with Gasteiger partial charge in [-0.3, -0.25) is 0 Å². The monoisotopic (exact) mass is 264 g/mol. The Bertz CT molecular complexity index is 393. The standard InChI is InChI=1S/C16H24O3/c1-12(2)15(16(3,4)11-17)19-10-13-6-8-14(18-5)9-7-13/h6-9,11-12,15H,10H2,1-5H3. The van der Waals surface area contributed by atoms with Crippen LogP contribution >= 0.6 is 0 Å². The summed E-state index contributed by atoms with van der Waals surface area (Å²) in [7, 11) is 1.65. The number of rotatable bonds is 7. The Labute approximate surface area is 115 Å². The molecular formula is C16H24O3. The van der Waals surface area contributed by atoms with Crippen molar-refractivity contribution in [1.82, 2.24) is 0 Å². The molecule has 3 nitrogen and oxygen atoms in total. The minimum atomic E-state index is -0.472. The number of methoxy groups -OCH3 is 1. The summed E-state index contributed by atoms with van der Waals surface area (Å²) in [5.41, 5.74) is 0.605. The first-order chi connectivity index (χ1) is 8.90. The van der Waals surface area contributed by atoms with Crippen molar-refractivity contribution in [1.29, 1.82) is 0 Å². The summed E-state index contributed by atoms with van der Waals surface area (Å²) >= 11 is 0. The lowest BCUT2D eigenvalue weighted by Gasteiger charge is -2.32. The second-order valence-corrected chi connectivity index (χ2v) is 5.76. The molecule has 106 valence electrons. The second kappa shape index (κ2) is 6.71. The summed E-state index contributed by atoms with van der Waals surface area (Å²) < 4.78 is 11.1. The van der Waals surface area contributed by atoms with Gasteiger partial charge in [-0.15, -0.1) is 0 Å². The van der Waals surface area contributed by atoms with Crippen LogP contribution in [0.1, 0.15) is 33.3 Å². The molecule has 0 amide bonds. The van der Waals surface area contributed by atoms with Crippen molar-refractivity contribution in [3.63, 3.8) is 0 Å². The van der Waals surface area contributed by atoms with Crippen molar-refractivity contribution in [3.05, 3.63) is 29.8 Å². The third-order valence-corrected chi connectivity index (χ3v) is 3.23. The molecule has 0 aromatic heterocycles. The van der Waals surface area contributed by atoms with E-state index in [0.29, 0.717) is 12.5 Å². The van der Waals surface area contributed by atoms with Crippen molar-refractivity contribution < 1.29 is 14.3 Å². The highest BCUT2D eigenvalue weighted by Crippen LogP contribution is 2.27. The average molecular weight is 264 g/mol. The van der Waals surface area contributed by atoms with Gasteiger partial charge in [-0.05, 0) is 23.6 Å². The zero-order valence-corrected chi connectivity index (χ0v) is 12.5. The molecule has 1 aromatic rings. The molecule has 0 fully saturated rings. The lowest BCUT2D eigenvalue weighted by molar-refractivity contribution is -0.127. The SMILES string of the molecule is COc1ccc(COC(C(C)C)C(C)(C)C=O)cc1. The molecule has 0 heterocycles. The van der Waals surface area contributed by atoms with Crippen molar-refractivity contribution in [2.45, 2.75) is 40.4 Å². The maximum absolute atomic E-state index is 11.2. The van der Waals surface area contributed by atoms with Crippen LogP contribution in [0.15, 0.2) is 24.3 Å². The average Bonchev–Trinajstić information content (AvgIpc) is 2.39. The van der Waals surface area contributed by atoms with Crippen LogP contribution in [0.2, 0.25) is 0 Å². The summed E-state index contributed by atoms with van der Waals surface area (Å²) in [6, 6.07) is 7.77. The fourth-order valence-corrected chi connectivity index (χ4v) is 2.24. The van der Waals surface area contributed by atoms with E-state index in [1.165, 1.54) is 0 Å². The third-order valence-electron chi connectivity index (χ3n) is 3.23. The van der Waals surface area contributed by atoms with E-state index >= 15 is 0 Å². The van der Waals surface area contributed by atoms with Crippen LogP contribution in [0.25, 0.3) is 0 Å². The number of hydrogen-bond acceptors (Lipinski definition) is 3. The van der Waals surface area contributed by atoms with Crippen molar-refractivity contribution in [2.75, 3.05) is 7.11 Å². The van der Waals surface area contributed by atoms with Gasteiger partial charge in [0.25, 0.3) is 0 Å². The van der Waals surface area contributed by atoms with Gasteiger partial charge < -0.3 is 14.3 Å². The van der Waals surface area contributed by atoms with E-state index in [1.54, 1.807) is 7.11 Å². The van der Waals surface area contributed by atoms with E-state index in [4.69, 9.17) is 9.47 Å². The van der Waals surface area contributed by atoms with Gasteiger partial charge in [-0.1, -0.05) is 39.8 Å². The highest BCUT2D eigenvalue weighted by molar-refractivity contribution is 5.59. The Morgan fingerprint density at radius 1 is 1.21 bits per heavy atom. The maximum Gasteiger partial charge on any atom is 0.128 e. The van der Waals surface area contributed by atoms with E-state index in [-0.39, 0.29) is 6.10 Å². The van der Waals surface area contributed by atoms with E-state index < -0.39 is 5.41 Å². The molecule has 0 aliphatic rings. The summed E-state index contributed by atoms with van der Waals surface area (Å²) in [6.45, 7) is 8.48. The molecule has 0 aliphatic carbocycles. The molecule has 19 heavy (non-hydrogen) atoms. The van der Waals surface area contributed by atoms with Gasteiger partial charge in [-0.2, -0.15) is 0 Å². The lowest BCUT2D eigenvalue weighted by atomic mass is 9.82. The summed E-state index contributed by atoms with van der Waals surface area (Å²) in [4.78, 5) is 11.2. The molecule has 1 aromatic carbocycles. The molecule has 1 unspecified atom stereocenters. The molecule has 1 atom stereocenters. The fraction of sp³-hybridized carbons (Fsp3) is 0.562. The predicted molar refractivity (Wildman–Crippen MR) is 76.3 cm³/mol. The lowest BCUT2D eigenvalue weighted by Crippen LogP contribution is -2.37. The van der Waals surface area contributed by atoms with Crippen LogP contribution in [0.5, 0.6) is 5.75 Å². The van der Waals surface area contributed by atoms with Gasteiger partial charge in [0.15, 0.2) is 0 Å². The quantitative estimate of drug-likeness (QED) is 0.707. The van der Waals surface area contributed by atoms with Crippen molar-refractivity contribution in [2.24, 2.45) is 11.3 Å². The summed E-state index contributed by atoms with van der Waals surface area (Å²) in [5.74, 6) is 1.12. The first-order valence-corrected chi connectivity index (χ1v) is 6.61. The summed E-state index contributed by atoms with van der Waals surface area (Å²) in [5, 5.41) is 0. The van der Waals surface area contributed by atoms with Gasteiger partial charge in [-0.25, -0.2) is 0 Å². The molecule has 1 rings (SSSR count). The van der Waals surface area contributed by atoms with Gasteiger partial charge in [0.05, 0.1) is 19.8 Å². The van der Waals surface area contributed by atoms with Crippen LogP contribution in [-0.2, 0) is 16.1 Å². The Kier molecular flexibility index (Phi) is 5.55. The Balaban J connectivity index is 2.68. The largest absolute Gasteiger partial charge is 0.497 e. The molecule has 3 heteroatoms. The Morgan fingerprint density at radius 3 is 2.21 bits per heavy atom. The molecule has 0 radical (unpaired) electrons. The van der Waals surface area contributed by atoms with Gasteiger partial charge in [0.2, 0.25) is 0 Å². The third kappa shape index (κ3) is 4.35. The number of carbonyl (C=O) groups is 1. The topological polar surface area (TPSA) is 35.5 Å². The first kappa shape index (κ1) is 15.7.